The molecule has 308 valence electrons. The zero-order valence-corrected chi connectivity index (χ0v) is 34.8. The molecule has 0 aromatic heterocycles. The fraction of sp³-hybridized carbons (Fsp3) is 0.639. The second-order valence-electron chi connectivity index (χ2n) is 14.0. The molecule has 1 aromatic rings. The molecule has 1 heterocycles. The summed E-state index contributed by atoms with van der Waals surface area (Å²) in [6, 6.07) is 0.406. The molecule has 1 fully saturated rings. The van der Waals surface area contributed by atoms with Crippen molar-refractivity contribution in [3.8, 4) is 5.75 Å². The van der Waals surface area contributed by atoms with Crippen LogP contribution in [-0.4, -0.2) is 138 Å². The molecule has 1 aliphatic rings. The lowest BCUT2D eigenvalue weighted by Gasteiger charge is -2.32. The zero-order valence-electron chi connectivity index (χ0n) is 32.3. The molecule has 0 bridgehead atoms. The van der Waals surface area contributed by atoms with Gasteiger partial charge in [-0.2, -0.15) is 12.6 Å². The zero-order chi connectivity index (χ0) is 41.2. The lowest BCUT2D eigenvalue weighted by atomic mass is 9.96. The minimum atomic E-state index is -1.52. The van der Waals surface area contributed by atoms with E-state index in [-0.39, 0.29) is 72.9 Å². The van der Waals surface area contributed by atoms with Crippen LogP contribution in [0.1, 0.15) is 52.5 Å². The highest BCUT2D eigenvalue weighted by Gasteiger charge is 2.37. The highest BCUT2D eigenvalue weighted by Crippen LogP contribution is 2.23. The Morgan fingerprint density at radius 3 is 2.22 bits per heavy atom. The fourth-order valence-electron chi connectivity index (χ4n) is 5.69. The Bertz CT molecular complexity index is 1470. The molecule has 1 aliphatic heterocycles. The number of nitrogens with one attached hydrogen (secondary N) is 6. The summed E-state index contributed by atoms with van der Waals surface area (Å²) in [5.41, 5.74) is 3.62. The van der Waals surface area contributed by atoms with Crippen LogP contribution in [0.4, 0.5) is 0 Å². The molecule has 0 saturated carbocycles. The number of hydrogen-bond acceptors (Lipinski definition) is 17. The molecule has 16 nitrogen and oxygen atoms in total. The molecule has 0 aliphatic carbocycles. The Hall–Kier alpha value is -2.88. The Labute approximate surface area is 336 Å². The van der Waals surface area contributed by atoms with Gasteiger partial charge in [-0.15, -0.1) is 0 Å². The summed E-state index contributed by atoms with van der Waals surface area (Å²) in [6.45, 7) is 6.96. The first-order valence-corrected chi connectivity index (χ1v) is 21.1. The number of hydrogen-bond donors (Lipinski definition) is 9. The van der Waals surface area contributed by atoms with Crippen molar-refractivity contribution < 1.29 is 43.8 Å². The number of carbonyl (C=O) groups is 7. The molecule has 2 rings (SSSR count). The second-order valence-corrected chi connectivity index (χ2v) is 16.5. The lowest BCUT2D eigenvalue weighted by Crippen LogP contribution is -2.61. The number of thiol groups is 1. The average Bonchev–Trinajstić information content (AvgIpc) is 3.13. The van der Waals surface area contributed by atoms with Gasteiger partial charge in [0.25, 0.3) is 0 Å². The van der Waals surface area contributed by atoms with Crippen molar-refractivity contribution in [3.63, 3.8) is 0 Å². The van der Waals surface area contributed by atoms with E-state index >= 15 is 0 Å². The van der Waals surface area contributed by atoms with Gasteiger partial charge in [0.05, 0.1) is 36.5 Å². The molecule has 0 unspecified atom stereocenters. The lowest BCUT2D eigenvalue weighted by molar-refractivity contribution is -0.140. The number of ketones is 5. The first-order valence-electron chi connectivity index (χ1n) is 18.2. The highest BCUT2D eigenvalue weighted by molar-refractivity contribution is 8.76. The summed E-state index contributed by atoms with van der Waals surface area (Å²) in [5.74, 6) is -5.00. The number of aliphatic hydroxyl groups is 1. The molecular weight excluding hydrogens is 771 g/mol. The second kappa shape index (κ2) is 24.7. The number of phenols is 1. The van der Waals surface area contributed by atoms with Crippen LogP contribution >= 0.6 is 34.4 Å². The van der Waals surface area contributed by atoms with Gasteiger partial charge in [-0.1, -0.05) is 36.8 Å². The van der Waals surface area contributed by atoms with Crippen molar-refractivity contribution in [1.29, 1.82) is 0 Å². The van der Waals surface area contributed by atoms with Crippen LogP contribution in [0.5, 0.6) is 5.75 Å². The molecule has 1 saturated heterocycles. The Morgan fingerprint density at radius 1 is 1.00 bits per heavy atom. The maximum atomic E-state index is 13.7. The molecule has 0 radical (unpaired) electrons. The third-order valence-electron chi connectivity index (χ3n) is 9.01. The third-order valence-corrected chi connectivity index (χ3v) is 11.3. The number of amides is 2. The minimum Gasteiger partial charge on any atom is -0.508 e. The average molecular weight is 828 g/mol. The predicted octanol–water partition coefficient (Wildman–Crippen LogP) is -0.226. The number of hydrazine groups is 1. The van der Waals surface area contributed by atoms with Gasteiger partial charge in [0.1, 0.15) is 35.2 Å². The van der Waals surface area contributed by atoms with E-state index in [1.807, 2.05) is 0 Å². The van der Waals surface area contributed by atoms with Gasteiger partial charge in [-0.3, -0.25) is 33.6 Å². The summed E-state index contributed by atoms with van der Waals surface area (Å²) >= 11 is 4.25. The topological polar surface area (TPSA) is 235 Å². The van der Waals surface area contributed by atoms with E-state index in [9.17, 15) is 43.8 Å². The van der Waals surface area contributed by atoms with Crippen LogP contribution in [0.2, 0.25) is 0 Å². The number of nitrogens with zero attached hydrogens (tertiary/aromatic N) is 1. The minimum absolute atomic E-state index is 0.0221. The van der Waals surface area contributed by atoms with Crippen LogP contribution in [-0.2, 0) is 40.0 Å². The maximum Gasteiger partial charge on any atom is 0.245 e. The van der Waals surface area contributed by atoms with E-state index in [0.29, 0.717) is 18.5 Å². The van der Waals surface area contributed by atoms with Gasteiger partial charge in [-0.05, 0) is 74.9 Å². The van der Waals surface area contributed by atoms with Crippen molar-refractivity contribution >= 4 is 75.1 Å². The third kappa shape index (κ3) is 16.6. The van der Waals surface area contributed by atoms with E-state index in [0.717, 1.165) is 21.8 Å². The summed E-state index contributed by atoms with van der Waals surface area (Å²) in [4.78, 5) is 93.1. The molecule has 55 heavy (non-hydrogen) atoms. The number of phenolic OH excluding ortho intramolecular Hbond substituents is 1. The highest BCUT2D eigenvalue weighted by atomic mass is 33.1. The van der Waals surface area contributed by atoms with E-state index in [1.165, 1.54) is 38.1 Å². The van der Waals surface area contributed by atoms with Gasteiger partial charge >= 0.3 is 0 Å². The molecule has 8 N–H and O–H groups in total. The van der Waals surface area contributed by atoms with Crippen LogP contribution in [0.3, 0.4) is 0 Å². The molecular formula is C36H57N7O9S3. The van der Waals surface area contributed by atoms with Gasteiger partial charge in [0, 0.05) is 38.1 Å². The largest absolute Gasteiger partial charge is 0.508 e. The van der Waals surface area contributed by atoms with Crippen molar-refractivity contribution in [3.05, 3.63) is 29.8 Å². The molecule has 1 aromatic carbocycles. The summed E-state index contributed by atoms with van der Waals surface area (Å²) in [5, 5.41) is 33.1. The van der Waals surface area contributed by atoms with Crippen LogP contribution in [0.15, 0.2) is 24.3 Å². The number of carbonyl (C=O) groups excluding carboxylic acids is 7. The number of benzene rings is 1. The first-order chi connectivity index (χ1) is 26.0. The molecule has 7 atom stereocenters. The SMILES string of the molecule is CNCC[C@H](NCC(=O)CC[C@@H]1CN(C)N[C@@H](C(C)C)C(=O)N[C@@H]([C@@H](C)O)C(=O)N[C@@H](Cc2ccc(O)cc2)C(=O)C(=O)[C@H](CS)NSSCC1=O)C(C)=O. The number of aliphatic hydroxyl groups excluding tert-OH is 1. The Morgan fingerprint density at radius 2 is 1.64 bits per heavy atom. The van der Waals surface area contributed by atoms with Gasteiger partial charge in [-0.25, -0.2) is 15.2 Å². The fourth-order valence-corrected chi connectivity index (χ4v) is 7.93. The normalized spacial score (nSPS) is 24.3. The van der Waals surface area contributed by atoms with E-state index in [4.69, 9.17) is 0 Å². The number of Topliss-reactive ketones (excluding diaryl/α,β-unsaturated/α-hetero) is 5. The standard InChI is InChI=1S/C36H57N7O9S3/c1-20(2)31-35(51)40-32(22(4)45)36(52)39-28(15-23-7-10-25(46)11-8-23)33(49)34(50)29(18-53)42-55-54-19-30(48)24(17-43(6)41-31)9-12-26(47)16-38-27(21(3)44)13-14-37-5/h7-8,10-11,20,22,24,27-29,31-32,37-38,41-42,45-46,53H,9,12-19H2,1-6H3,(H,39,52)(H,40,51)/t22-,24-,27+,28+,29+,31+,32+/m1/s1. The van der Waals surface area contributed by atoms with Crippen LogP contribution in [0, 0.1) is 11.8 Å². The Kier molecular flexibility index (Phi) is 21.7. The number of aromatic hydroxyl groups is 1. The quantitative estimate of drug-likeness (QED) is 0.0481. The van der Waals surface area contributed by atoms with Gasteiger partial charge in [0.2, 0.25) is 23.4 Å². The summed E-state index contributed by atoms with van der Waals surface area (Å²) in [6.07, 6.45) is -0.801. The number of rotatable bonds is 15. The van der Waals surface area contributed by atoms with E-state index in [1.54, 1.807) is 33.0 Å². The van der Waals surface area contributed by atoms with Crippen molar-refractivity contribution in [2.45, 2.75) is 89.7 Å². The van der Waals surface area contributed by atoms with Crippen molar-refractivity contribution in [2.24, 2.45) is 11.8 Å². The summed E-state index contributed by atoms with van der Waals surface area (Å²) < 4.78 is 2.88. The monoisotopic (exact) mass is 827 g/mol. The molecule has 19 heteroatoms. The van der Waals surface area contributed by atoms with Crippen LogP contribution < -0.4 is 31.4 Å². The predicted molar refractivity (Wildman–Crippen MR) is 216 cm³/mol. The maximum absolute atomic E-state index is 13.7. The van der Waals surface area contributed by atoms with E-state index < -0.39 is 65.6 Å². The first kappa shape index (κ1) is 48.3. The van der Waals surface area contributed by atoms with Crippen molar-refractivity contribution in [2.75, 3.05) is 45.2 Å². The molecule has 0 spiro atoms. The van der Waals surface area contributed by atoms with E-state index in [2.05, 4.69) is 44.0 Å². The summed E-state index contributed by atoms with van der Waals surface area (Å²) in [7, 11) is 5.51. The smallest absolute Gasteiger partial charge is 0.245 e. The van der Waals surface area contributed by atoms with Crippen LogP contribution in [0.25, 0.3) is 0 Å². The Balaban J connectivity index is 2.39. The van der Waals surface area contributed by atoms with Crippen molar-refractivity contribution in [1.82, 2.24) is 36.4 Å². The van der Waals surface area contributed by atoms with Gasteiger partial charge < -0.3 is 31.5 Å². The van der Waals surface area contributed by atoms with Gasteiger partial charge in [0.15, 0.2) is 0 Å². The molecule has 2 amide bonds.